The first-order chi connectivity index (χ1) is 13.9. The summed E-state index contributed by atoms with van der Waals surface area (Å²) in [5, 5.41) is 2.84. The number of primary amides is 1. The first-order valence-electron chi connectivity index (χ1n) is 9.42. The third-order valence-corrected chi connectivity index (χ3v) is 5.19. The summed E-state index contributed by atoms with van der Waals surface area (Å²) in [6.45, 7) is 1.17. The summed E-state index contributed by atoms with van der Waals surface area (Å²) in [5.41, 5.74) is 6.57. The molecule has 0 bridgehead atoms. The standard InChI is InChI=1S/C21H23ClFN3O3/c22-16-3-6-19(18(12-16)25-21(24)28)29-13-20(27)26-9-7-15(8-10-26)11-14-1-4-17(23)5-2-14/h1-6,12,15H,7-11,13H2,(H3,24,25,28). The molecule has 1 aliphatic heterocycles. The molecule has 3 rings (SSSR count). The van der Waals surface area contributed by atoms with Gasteiger partial charge in [0.1, 0.15) is 11.6 Å². The van der Waals surface area contributed by atoms with Crippen molar-refractivity contribution in [2.24, 2.45) is 11.7 Å². The fraction of sp³-hybridized carbons (Fsp3) is 0.333. The van der Waals surface area contributed by atoms with Gasteiger partial charge in [-0.2, -0.15) is 0 Å². The second-order valence-corrected chi connectivity index (χ2v) is 7.51. The Bertz CT molecular complexity index is 868. The molecule has 0 spiro atoms. The van der Waals surface area contributed by atoms with Crippen LogP contribution in [0.15, 0.2) is 42.5 Å². The minimum absolute atomic E-state index is 0.120. The third-order valence-electron chi connectivity index (χ3n) is 4.96. The lowest BCUT2D eigenvalue weighted by atomic mass is 9.90. The summed E-state index contributed by atoms with van der Waals surface area (Å²) in [6, 6.07) is 10.5. The van der Waals surface area contributed by atoms with Gasteiger partial charge in [0, 0.05) is 18.1 Å². The van der Waals surface area contributed by atoms with Crippen LogP contribution in [0.25, 0.3) is 0 Å². The number of urea groups is 1. The molecule has 1 aliphatic rings. The number of benzene rings is 2. The Morgan fingerprint density at radius 2 is 1.86 bits per heavy atom. The van der Waals surface area contributed by atoms with Gasteiger partial charge in [-0.15, -0.1) is 0 Å². The Kier molecular flexibility index (Phi) is 6.93. The second kappa shape index (κ2) is 9.60. The van der Waals surface area contributed by atoms with Crippen molar-refractivity contribution in [1.29, 1.82) is 0 Å². The largest absolute Gasteiger partial charge is 0.482 e. The van der Waals surface area contributed by atoms with E-state index in [0.29, 0.717) is 35.5 Å². The van der Waals surface area contributed by atoms with Gasteiger partial charge in [-0.25, -0.2) is 9.18 Å². The molecule has 3 amide bonds. The molecule has 0 saturated carbocycles. The van der Waals surface area contributed by atoms with Gasteiger partial charge in [0.2, 0.25) is 0 Å². The molecule has 154 valence electrons. The number of nitrogens with two attached hydrogens (primary N) is 1. The molecule has 0 atom stereocenters. The zero-order chi connectivity index (χ0) is 20.8. The van der Waals surface area contributed by atoms with Crippen LogP contribution in [0, 0.1) is 11.7 Å². The molecule has 1 heterocycles. The number of piperidine rings is 1. The van der Waals surface area contributed by atoms with E-state index < -0.39 is 6.03 Å². The molecular weight excluding hydrogens is 397 g/mol. The average molecular weight is 420 g/mol. The van der Waals surface area contributed by atoms with E-state index in [1.807, 2.05) is 12.1 Å². The predicted molar refractivity (Wildman–Crippen MR) is 110 cm³/mol. The number of ether oxygens (including phenoxy) is 1. The van der Waals surface area contributed by atoms with Crippen LogP contribution in [-0.2, 0) is 11.2 Å². The highest BCUT2D eigenvalue weighted by Gasteiger charge is 2.23. The molecule has 0 unspecified atom stereocenters. The molecule has 1 fully saturated rings. The molecular formula is C21H23ClFN3O3. The van der Waals surface area contributed by atoms with Crippen LogP contribution < -0.4 is 15.8 Å². The number of halogens is 2. The Balaban J connectivity index is 1.49. The number of nitrogens with zero attached hydrogens (tertiary/aromatic N) is 1. The van der Waals surface area contributed by atoms with Crippen molar-refractivity contribution in [3.05, 3.63) is 58.9 Å². The monoisotopic (exact) mass is 419 g/mol. The highest BCUT2D eigenvalue weighted by Crippen LogP contribution is 2.28. The maximum Gasteiger partial charge on any atom is 0.316 e. The van der Waals surface area contributed by atoms with Crippen LogP contribution in [0.2, 0.25) is 5.02 Å². The van der Waals surface area contributed by atoms with Gasteiger partial charge in [0.05, 0.1) is 5.69 Å². The Labute approximate surface area is 173 Å². The van der Waals surface area contributed by atoms with Crippen LogP contribution in [0.5, 0.6) is 5.75 Å². The maximum absolute atomic E-state index is 13.0. The molecule has 3 N–H and O–H groups in total. The van der Waals surface area contributed by atoms with E-state index in [9.17, 15) is 14.0 Å². The summed E-state index contributed by atoms with van der Waals surface area (Å²) >= 11 is 5.92. The quantitative estimate of drug-likeness (QED) is 0.746. The summed E-state index contributed by atoms with van der Waals surface area (Å²) in [6.07, 6.45) is 2.66. The smallest absolute Gasteiger partial charge is 0.316 e. The van der Waals surface area contributed by atoms with Crippen molar-refractivity contribution >= 4 is 29.2 Å². The van der Waals surface area contributed by atoms with E-state index >= 15 is 0 Å². The predicted octanol–water partition coefficient (Wildman–Crippen LogP) is 3.83. The summed E-state index contributed by atoms with van der Waals surface area (Å²) in [5.74, 6) is 0.440. The molecule has 0 aromatic heterocycles. The lowest BCUT2D eigenvalue weighted by Gasteiger charge is -2.32. The Morgan fingerprint density at radius 3 is 2.52 bits per heavy atom. The van der Waals surface area contributed by atoms with Crippen molar-refractivity contribution in [2.45, 2.75) is 19.3 Å². The number of hydrogen-bond acceptors (Lipinski definition) is 3. The van der Waals surface area contributed by atoms with Gasteiger partial charge >= 0.3 is 6.03 Å². The van der Waals surface area contributed by atoms with Crippen molar-refractivity contribution < 1.29 is 18.7 Å². The zero-order valence-corrected chi connectivity index (χ0v) is 16.6. The summed E-state index contributed by atoms with van der Waals surface area (Å²) < 4.78 is 18.6. The van der Waals surface area contributed by atoms with Gasteiger partial charge in [-0.3, -0.25) is 4.79 Å². The minimum Gasteiger partial charge on any atom is -0.482 e. The normalized spacial score (nSPS) is 14.5. The fourth-order valence-electron chi connectivity index (χ4n) is 3.43. The van der Waals surface area contributed by atoms with Gasteiger partial charge < -0.3 is 20.7 Å². The lowest BCUT2D eigenvalue weighted by molar-refractivity contribution is -0.134. The molecule has 8 heteroatoms. The van der Waals surface area contributed by atoms with Gasteiger partial charge in [-0.05, 0) is 61.1 Å². The van der Waals surface area contributed by atoms with Crippen molar-refractivity contribution in [2.75, 3.05) is 25.0 Å². The molecule has 2 aromatic rings. The van der Waals surface area contributed by atoms with E-state index in [0.717, 1.165) is 24.8 Å². The summed E-state index contributed by atoms with van der Waals surface area (Å²) in [7, 11) is 0. The highest BCUT2D eigenvalue weighted by atomic mass is 35.5. The van der Waals surface area contributed by atoms with E-state index in [4.69, 9.17) is 22.1 Å². The third kappa shape index (κ3) is 6.09. The highest BCUT2D eigenvalue weighted by molar-refractivity contribution is 6.31. The van der Waals surface area contributed by atoms with Crippen molar-refractivity contribution in [3.8, 4) is 5.75 Å². The number of hydrogen-bond donors (Lipinski definition) is 2. The lowest BCUT2D eigenvalue weighted by Crippen LogP contribution is -2.41. The zero-order valence-electron chi connectivity index (χ0n) is 15.9. The van der Waals surface area contributed by atoms with Crippen LogP contribution in [0.3, 0.4) is 0 Å². The average Bonchev–Trinajstić information content (AvgIpc) is 2.69. The van der Waals surface area contributed by atoms with Crippen LogP contribution >= 0.6 is 11.6 Å². The van der Waals surface area contributed by atoms with E-state index in [2.05, 4.69) is 5.32 Å². The number of likely N-dealkylation sites (tertiary alicyclic amines) is 1. The fourth-order valence-corrected chi connectivity index (χ4v) is 3.60. The number of amides is 3. The molecule has 6 nitrogen and oxygen atoms in total. The first-order valence-corrected chi connectivity index (χ1v) is 9.79. The van der Waals surface area contributed by atoms with Gasteiger partial charge in [0.25, 0.3) is 5.91 Å². The van der Waals surface area contributed by atoms with Crippen molar-refractivity contribution in [1.82, 2.24) is 4.90 Å². The molecule has 0 aliphatic carbocycles. The van der Waals surface area contributed by atoms with E-state index in [1.165, 1.54) is 18.2 Å². The number of anilines is 1. The Hall–Kier alpha value is -2.80. The number of nitrogens with one attached hydrogen (secondary N) is 1. The molecule has 1 saturated heterocycles. The number of rotatable bonds is 6. The molecule has 0 radical (unpaired) electrons. The Morgan fingerprint density at radius 1 is 1.17 bits per heavy atom. The van der Waals surface area contributed by atoms with E-state index in [1.54, 1.807) is 17.0 Å². The van der Waals surface area contributed by atoms with Gasteiger partial charge in [-0.1, -0.05) is 23.7 Å². The minimum atomic E-state index is -0.744. The molecule has 2 aromatic carbocycles. The number of carbonyl (C=O) groups is 2. The van der Waals surface area contributed by atoms with Gasteiger partial charge in [0.15, 0.2) is 6.61 Å². The number of carbonyl (C=O) groups excluding carboxylic acids is 2. The van der Waals surface area contributed by atoms with Crippen LogP contribution in [0.4, 0.5) is 14.9 Å². The van der Waals surface area contributed by atoms with E-state index in [-0.39, 0.29) is 18.3 Å². The van der Waals surface area contributed by atoms with Crippen molar-refractivity contribution in [3.63, 3.8) is 0 Å². The molecule has 29 heavy (non-hydrogen) atoms. The summed E-state index contributed by atoms with van der Waals surface area (Å²) in [4.78, 5) is 25.4. The maximum atomic E-state index is 13.0. The SMILES string of the molecule is NC(=O)Nc1cc(Cl)ccc1OCC(=O)N1CCC(Cc2ccc(F)cc2)CC1. The topological polar surface area (TPSA) is 84.7 Å². The first kappa shape index (κ1) is 20.9. The van der Waals surface area contributed by atoms with Crippen LogP contribution in [-0.4, -0.2) is 36.5 Å². The second-order valence-electron chi connectivity index (χ2n) is 7.07. The van der Waals surface area contributed by atoms with Crippen LogP contribution in [0.1, 0.15) is 18.4 Å².